The van der Waals surface area contributed by atoms with Gasteiger partial charge in [-0.1, -0.05) is 197 Å². The Kier molecular flexibility index (Phi) is 17.2. The van der Waals surface area contributed by atoms with Gasteiger partial charge in [0, 0.05) is 18.1 Å². The minimum absolute atomic E-state index is 0.0887. The predicted molar refractivity (Wildman–Crippen MR) is 271 cm³/mol. The van der Waals surface area contributed by atoms with Crippen molar-refractivity contribution >= 4 is 7.26 Å². The van der Waals surface area contributed by atoms with Gasteiger partial charge in [-0.2, -0.15) is 0 Å². The fraction of sp³-hybridized carbons (Fsp3) is 0.593. The van der Waals surface area contributed by atoms with Crippen molar-refractivity contribution in [1.29, 1.82) is 0 Å². The van der Waals surface area contributed by atoms with Crippen molar-refractivity contribution in [3.05, 3.63) is 106 Å². The Labute approximate surface area is 370 Å². The summed E-state index contributed by atoms with van der Waals surface area (Å²) in [6, 6.07) is 30.3. The van der Waals surface area contributed by atoms with Gasteiger partial charge in [0.1, 0.15) is 0 Å². The van der Waals surface area contributed by atoms with Gasteiger partial charge in [0.15, 0.2) is 0 Å². The van der Waals surface area contributed by atoms with Gasteiger partial charge in [-0.3, -0.25) is 0 Å². The van der Waals surface area contributed by atoms with Gasteiger partial charge >= 0.3 is 0 Å². The largest absolute Gasteiger partial charge is 0.0654 e. The minimum Gasteiger partial charge on any atom is -0.0654 e. The molecule has 0 fully saturated rings. The zero-order valence-corrected chi connectivity index (χ0v) is 40.9. The highest BCUT2D eigenvalue weighted by molar-refractivity contribution is 7.75. The van der Waals surface area contributed by atoms with Crippen molar-refractivity contribution in [3.8, 4) is 33.4 Å². The second kappa shape index (κ2) is 22.1. The summed E-state index contributed by atoms with van der Waals surface area (Å²) in [7, 11) is -0.967. The Morgan fingerprint density at radius 1 is 0.333 bits per heavy atom. The number of aryl methyl sites for hydroxylation is 2. The molecule has 0 N–H and O–H groups in total. The van der Waals surface area contributed by atoms with Crippen LogP contribution in [0, 0.1) is 13.8 Å². The molecule has 0 aromatic heterocycles. The van der Waals surface area contributed by atoms with E-state index in [9.17, 15) is 0 Å². The molecule has 0 spiro atoms. The summed E-state index contributed by atoms with van der Waals surface area (Å²) in [5.74, 6) is 0. The van der Waals surface area contributed by atoms with Crippen LogP contribution in [0.1, 0.15) is 210 Å². The number of hydrogen-bond donors (Lipinski definition) is 0. The molecule has 4 aromatic rings. The van der Waals surface area contributed by atoms with Crippen LogP contribution < -0.4 is 0 Å². The van der Waals surface area contributed by atoms with Crippen molar-refractivity contribution in [1.82, 2.24) is 0 Å². The Hall–Kier alpha value is -2.69. The van der Waals surface area contributed by atoms with E-state index in [1.54, 1.807) is 22.3 Å². The molecular weight excluding hydrogens is 740 g/mol. The highest BCUT2D eigenvalue weighted by Gasteiger charge is 2.45. The molecule has 1 unspecified atom stereocenters. The van der Waals surface area contributed by atoms with E-state index >= 15 is 0 Å². The van der Waals surface area contributed by atoms with Crippen molar-refractivity contribution in [2.75, 3.05) is 24.6 Å². The maximum atomic E-state index is 2.71. The molecule has 0 radical (unpaired) electrons. The molecule has 0 saturated carbocycles. The molecular formula is C59H86P+. The van der Waals surface area contributed by atoms with Crippen molar-refractivity contribution in [3.63, 3.8) is 0 Å². The summed E-state index contributed by atoms with van der Waals surface area (Å²) in [6.45, 7) is 19.0. The summed E-state index contributed by atoms with van der Waals surface area (Å²) < 4.78 is 0. The summed E-state index contributed by atoms with van der Waals surface area (Å²) in [5.41, 5.74) is 18.4. The Balaban J connectivity index is 1.44. The monoisotopic (exact) mass is 826 g/mol. The third kappa shape index (κ3) is 10.1. The average molecular weight is 826 g/mol. The van der Waals surface area contributed by atoms with Gasteiger partial charge in [0.05, 0.1) is 24.6 Å². The summed E-state index contributed by atoms with van der Waals surface area (Å²) >= 11 is 0. The van der Waals surface area contributed by atoms with Gasteiger partial charge in [0.2, 0.25) is 0 Å². The SMILES string of the molecule is CCCCCCC1(CCCCCC)c2cc(C)ccc2-c2ccc(-c3ccc4c(c3)C(CCCC)(CCC[P+](CCCC)(CCCC)CCCC)c3cc(C)ccc3-4)cc21. The van der Waals surface area contributed by atoms with E-state index in [1.165, 1.54) is 204 Å². The van der Waals surface area contributed by atoms with Crippen LogP contribution in [-0.4, -0.2) is 24.6 Å². The highest BCUT2D eigenvalue weighted by Crippen LogP contribution is 2.63. The van der Waals surface area contributed by atoms with Crippen LogP contribution in [0.5, 0.6) is 0 Å². The van der Waals surface area contributed by atoms with Gasteiger partial charge in [0.25, 0.3) is 0 Å². The van der Waals surface area contributed by atoms with Gasteiger partial charge in [-0.15, -0.1) is 0 Å². The lowest BCUT2D eigenvalue weighted by atomic mass is 9.69. The smallest absolute Gasteiger partial charge is 0.0594 e. The molecule has 0 saturated heterocycles. The van der Waals surface area contributed by atoms with Crippen LogP contribution in [0.2, 0.25) is 0 Å². The van der Waals surface area contributed by atoms with E-state index in [0.717, 1.165) is 0 Å². The minimum atomic E-state index is -0.967. The molecule has 0 nitrogen and oxygen atoms in total. The molecule has 4 aromatic carbocycles. The third-order valence-electron chi connectivity index (χ3n) is 15.4. The molecule has 0 heterocycles. The first-order chi connectivity index (χ1) is 29.2. The fourth-order valence-electron chi connectivity index (χ4n) is 12.0. The predicted octanol–water partition coefficient (Wildman–Crippen LogP) is 18.8. The molecule has 60 heavy (non-hydrogen) atoms. The van der Waals surface area contributed by atoms with E-state index in [1.807, 2.05) is 0 Å². The first-order valence-electron chi connectivity index (χ1n) is 25.6. The number of fused-ring (bicyclic) bond motifs is 6. The van der Waals surface area contributed by atoms with Crippen molar-refractivity contribution in [2.45, 2.75) is 201 Å². The molecule has 6 rings (SSSR count). The molecule has 1 atom stereocenters. The number of unbranched alkanes of at least 4 members (excludes halogenated alkanes) is 10. The second-order valence-electron chi connectivity index (χ2n) is 19.9. The van der Waals surface area contributed by atoms with E-state index in [-0.39, 0.29) is 10.8 Å². The van der Waals surface area contributed by atoms with Crippen LogP contribution in [0.25, 0.3) is 33.4 Å². The summed E-state index contributed by atoms with van der Waals surface area (Å²) in [6.07, 6.45) is 34.0. The first-order valence-corrected chi connectivity index (χ1v) is 28.2. The third-order valence-corrected chi connectivity index (χ3v) is 20.5. The summed E-state index contributed by atoms with van der Waals surface area (Å²) in [5, 5.41) is 0. The molecule has 2 aliphatic rings. The lowest BCUT2D eigenvalue weighted by Gasteiger charge is -2.35. The molecule has 326 valence electrons. The van der Waals surface area contributed by atoms with Gasteiger partial charge < -0.3 is 0 Å². The Morgan fingerprint density at radius 2 is 0.667 bits per heavy atom. The number of benzene rings is 4. The van der Waals surface area contributed by atoms with E-state index in [4.69, 9.17) is 0 Å². The Morgan fingerprint density at radius 3 is 1.07 bits per heavy atom. The highest BCUT2D eigenvalue weighted by atomic mass is 31.2. The zero-order valence-electron chi connectivity index (χ0n) is 40.1. The first kappa shape index (κ1) is 46.8. The van der Waals surface area contributed by atoms with Crippen molar-refractivity contribution < 1.29 is 0 Å². The number of hydrogen-bond acceptors (Lipinski definition) is 0. The lowest BCUT2D eigenvalue weighted by molar-refractivity contribution is 0.401. The molecule has 1 heteroatoms. The maximum Gasteiger partial charge on any atom is 0.0594 e. The van der Waals surface area contributed by atoms with E-state index in [2.05, 4.69) is 128 Å². The zero-order chi connectivity index (χ0) is 42.6. The van der Waals surface area contributed by atoms with Gasteiger partial charge in [-0.05, 0) is 133 Å². The maximum absolute atomic E-state index is 2.71. The fourth-order valence-corrected chi connectivity index (χ4v) is 17.1. The number of rotatable bonds is 27. The molecule has 0 amide bonds. The van der Waals surface area contributed by atoms with Gasteiger partial charge in [-0.25, -0.2) is 0 Å². The second-order valence-corrected chi connectivity index (χ2v) is 24.4. The average Bonchev–Trinajstić information content (AvgIpc) is 3.68. The molecule has 0 bridgehead atoms. The molecule has 0 aliphatic heterocycles. The normalized spacial score (nSPS) is 16.2. The van der Waals surface area contributed by atoms with Crippen molar-refractivity contribution in [2.24, 2.45) is 0 Å². The van der Waals surface area contributed by atoms with E-state index in [0.29, 0.717) is 0 Å². The summed E-state index contributed by atoms with van der Waals surface area (Å²) in [4.78, 5) is 0. The van der Waals surface area contributed by atoms with Crippen LogP contribution in [0.3, 0.4) is 0 Å². The lowest BCUT2D eigenvalue weighted by Crippen LogP contribution is -2.27. The van der Waals surface area contributed by atoms with Crippen LogP contribution in [0.4, 0.5) is 0 Å². The topological polar surface area (TPSA) is 0 Å². The quantitative estimate of drug-likeness (QED) is 0.0415. The Bertz CT molecular complexity index is 1930. The van der Waals surface area contributed by atoms with Crippen LogP contribution in [-0.2, 0) is 10.8 Å². The standard InChI is InChI=1S/C59H86P/c1-9-15-21-23-35-59(36-24-22-16-10-2)55-43-47(8)27-31-51(55)53-33-29-49(45-57(53)59)48-28-32-52-50-30-26-46(7)42-54(50)58(34-17-11-3,56(52)44-48)37-25-41-60(38-18-12-4,39-19-13-5)40-20-14-6/h26-33,42-45H,9-25,34-41H2,1-8H3/q+1. The van der Waals surface area contributed by atoms with E-state index < -0.39 is 7.26 Å². The van der Waals surface area contributed by atoms with Crippen LogP contribution in [0.15, 0.2) is 72.8 Å². The molecule has 2 aliphatic carbocycles. The van der Waals surface area contributed by atoms with Crippen LogP contribution >= 0.6 is 7.26 Å².